The Labute approximate surface area is 341 Å². The van der Waals surface area contributed by atoms with E-state index >= 15 is 0 Å². The Morgan fingerprint density at radius 3 is 1.79 bits per heavy atom. The van der Waals surface area contributed by atoms with E-state index in [0.29, 0.717) is 46.6 Å². The number of hydrogen-bond donors (Lipinski definition) is 0. The van der Waals surface area contributed by atoms with E-state index in [1.165, 1.54) is 40.9 Å². The van der Waals surface area contributed by atoms with E-state index in [2.05, 4.69) is 33.9 Å². The third kappa shape index (κ3) is 10.3. The largest absolute Gasteiger partial charge is 0.456 e. The Bertz CT molecular complexity index is 2020. The van der Waals surface area contributed by atoms with E-state index < -0.39 is 52.7 Å². The van der Waals surface area contributed by atoms with Crippen LogP contribution in [0, 0.1) is 16.0 Å². The highest BCUT2D eigenvalue weighted by atomic mass is 32.2. The molecule has 0 aliphatic carbocycles. The van der Waals surface area contributed by atoms with Gasteiger partial charge in [0.05, 0.1) is 21.2 Å². The molecule has 3 atom stereocenters. The first-order valence-electron chi connectivity index (χ1n) is 18.0. The number of carbonyl (C=O) groups excluding carboxylic acids is 4. The van der Waals surface area contributed by atoms with Gasteiger partial charge in [-0.05, 0) is 77.9 Å². The summed E-state index contributed by atoms with van der Waals surface area (Å²) < 4.78 is 12.7. The highest BCUT2D eigenvalue weighted by molar-refractivity contribution is 8.35. The Morgan fingerprint density at radius 2 is 1.32 bits per heavy atom. The SMILES string of the molecule is CC[C@H](O[Si](C)(C)C(C)(C)C)[C@@H]1C(=O)N(C(C(=O)OCc2ccc([N+](=O)[O-])cc2)=C(SC(=O)c2ccccc2)SC(=O)c2ccccc2)[C@H]1Sc1ccccc1. The predicted molar refractivity (Wildman–Crippen MR) is 225 cm³/mol. The van der Waals surface area contributed by atoms with E-state index in [1.54, 1.807) is 60.7 Å². The van der Waals surface area contributed by atoms with Crippen LogP contribution in [0.25, 0.3) is 0 Å². The highest BCUT2D eigenvalue weighted by Crippen LogP contribution is 2.50. The van der Waals surface area contributed by atoms with E-state index in [4.69, 9.17) is 9.16 Å². The Kier molecular flexibility index (Phi) is 14.2. The number of nitrogens with zero attached hydrogens (tertiary/aromatic N) is 2. The number of nitro benzene ring substituents is 1. The zero-order chi connectivity index (χ0) is 40.6. The highest BCUT2D eigenvalue weighted by Gasteiger charge is 2.57. The Balaban J connectivity index is 1.65. The lowest BCUT2D eigenvalue weighted by Crippen LogP contribution is -2.65. The fourth-order valence-corrected chi connectivity index (χ4v) is 10.4. The average Bonchev–Trinajstić information content (AvgIpc) is 3.18. The van der Waals surface area contributed by atoms with Gasteiger partial charge in [0.25, 0.3) is 5.69 Å². The lowest BCUT2D eigenvalue weighted by Gasteiger charge is -2.51. The molecule has 0 aromatic heterocycles. The second-order valence-electron chi connectivity index (χ2n) is 14.5. The van der Waals surface area contributed by atoms with E-state index in [9.17, 15) is 29.3 Å². The first-order valence-corrected chi connectivity index (χ1v) is 23.4. The van der Waals surface area contributed by atoms with Gasteiger partial charge in [0, 0.05) is 28.2 Å². The molecule has 1 aliphatic heterocycles. The first-order chi connectivity index (χ1) is 26.6. The first kappa shape index (κ1) is 42.7. The molecule has 0 radical (unpaired) electrons. The molecule has 14 heteroatoms. The van der Waals surface area contributed by atoms with Gasteiger partial charge in [-0.25, -0.2) is 4.79 Å². The van der Waals surface area contributed by atoms with E-state index in [0.717, 1.165) is 4.90 Å². The second-order valence-corrected chi connectivity index (χ2v) is 22.7. The molecule has 4 aromatic carbocycles. The molecular formula is C42H44N2O8S3Si. The minimum Gasteiger partial charge on any atom is -0.456 e. The maximum atomic E-state index is 14.8. The number of ether oxygens (including phenoxy) is 1. The molecular weight excluding hydrogens is 785 g/mol. The van der Waals surface area contributed by atoms with Crippen LogP contribution < -0.4 is 0 Å². The van der Waals surface area contributed by atoms with Crippen LogP contribution >= 0.6 is 35.3 Å². The van der Waals surface area contributed by atoms with Crippen molar-refractivity contribution in [1.29, 1.82) is 0 Å². The number of nitro groups is 1. The standard InChI is InChI=1S/C42H44N2O8S3Si/c1-7-33(52-56(5,6)42(2,3)4)34-36(45)43(37(34)53-32-21-15-10-16-22-32)35(38(46)51-27-28-23-25-31(26-24-28)44(49)50)41(54-39(47)29-17-11-8-12-18-29)55-40(48)30-19-13-9-14-20-30/h8-26,33-34,37H,7,27H2,1-6H3/t33-,34+,37-/m0/s1. The molecule has 4 aromatic rings. The number of hydrogen-bond acceptors (Lipinski definition) is 11. The van der Waals surface area contributed by atoms with Crippen LogP contribution in [0.1, 0.15) is 60.4 Å². The van der Waals surface area contributed by atoms with Crippen LogP contribution in [0.5, 0.6) is 0 Å². The fraction of sp³-hybridized carbons (Fsp3) is 0.286. The minimum atomic E-state index is -2.38. The molecule has 0 unspecified atom stereocenters. The van der Waals surface area contributed by atoms with Crippen molar-refractivity contribution in [1.82, 2.24) is 4.90 Å². The molecule has 5 rings (SSSR count). The van der Waals surface area contributed by atoms with Crippen LogP contribution in [-0.4, -0.2) is 51.7 Å². The summed E-state index contributed by atoms with van der Waals surface area (Å²) in [6.07, 6.45) is 0.0422. The second kappa shape index (κ2) is 18.6. The van der Waals surface area contributed by atoms with Crippen LogP contribution in [0.4, 0.5) is 5.69 Å². The van der Waals surface area contributed by atoms with Crippen molar-refractivity contribution in [2.45, 2.75) is 75.2 Å². The third-order valence-electron chi connectivity index (χ3n) is 9.67. The summed E-state index contributed by atoms with van der Waals surface area (Å²) in [6.45, 7) is 12.3. The molecule has 292 valence electrons. The average molecular weight is 829 g/mol. The molecule has 0 spiro atoms. The molecule has 56 heavy (non-hydrogen) atoms. The van der Waals surface area contributed by atoms with Gasteiger partial charge in [-0.15, -0.1) is 0 Å². The lowest BCUT2D eigenvalue weighted by atomic mass is 9.90. The summed E-state index contributed by atoms with van der Waals surface area (Å²) in [6, 6.07) is 31.9. The van der Waals surface area contributed by atoms with Crippen molar-refractivity contribution in [3.63, 3.8) is 0 Å². The van der Waals surface area contributed by atoms with Gasteiger partial charge < -0.3 is 9.16 Å². The lowest BCUT2D eigenvalue weighted by molar-refractivity contribution is -0.384. The summed E-state index contributed by atoms with van der Waals surface area (Å²) in [4.78, 5) is 70.1. The number of rotatable bonds is 15. The number of benzene rings is 4. The van der Waals surface area contributed by atoms with Crippen molar-refractivity contribution < 1.29 is 33.3 Å². The van der Waals surface area contributed by atoms with Gasteiger partial charge in [-0.2, -0.15) is 0 Å². The van der Waals surface area contributed by atoms with Gasteiger partial charge in [-0.3, -0.25) is 29.4 Å². The molecule has 1 saturated heterocycles. The van der Waals surface area contributed by atoms with Gasteiger partial charge in [0.1, 0.15) is 12.0 Å². The zero-order valence-electron chi connectivity index (χ0n) is 32.0. The minimum absolute atomic E-state index is 0.0229. The van der Waals surface area contributed by atoms with Crippen LogP contribution in [0.15, 0.2) is 130 Å². The quantitative estimate of drug-likeness (QED) is 0.0283. The number of carbonyl (C=O) groups is 4. The maximum Gasteiger partial charge on any atom is 0.357 e. The number of thioether (sulfide) groups is 3. The summed E-state index contributed by atoms with van der Waals surface area (Å²) >= 11 is 2.75. The molecule has 1 amide bonds. The summed E-state index contributed by atoms with van der Waals surface area (Å²) in [5.41, 5.74) is 0.754. The smallest absolute Gasteiger partial charge is 0.357 e. The topological polar surface area (TPSA) is 133 Å². The summed E-state index contributed by atoms with van der Waals surface area (Å²) in [5, 5.41) is 9.55. The van der Waals surface area contributed by atoms with Gasteiger partial charge in [0.15, 0.2) is 14.0 Å². The molecule has 0 N–H and O–H groups in total. The predicted octanol–water partition coefficient (Wildman–Crippen LogP) is 10.3. The molecule has 1 fully saturated rings. The fourth-order valence-electron chi connectivity index (χ4n) is 5.56. The van der Waals surface area contributed by atoms with Crippen LogP contribution in [0.3, 0.4) is 0 Å². The van der Waals surface area contributed by atoms with Crippen molar-refractivity contribution in [2.75, 3.05) is 0 Å². The summed E-state index contributed by atoms with van der Waals surface area (Å²) in [7, 11) is -2.38. The zero-order valence-corrected chi connectivity index (χ0v) is 35.5. The third-order valence-corrected chi connectivity index (χ3v) is 17.6. The van der Waals surface area contributed by atoms with E-state index in [-0.39, 0.29) is 27.3 Å². The van der Waals surface area contributed by atoms with Gasteiger partial charge in [0.2, 0.25) is 16.1 Å². The molecule has 1 heterocycles. The Morgan fingerprint density at radius 1 is 0.821 bits per heavy atom. The van der Waals surface area contributed by atoms with Gasteiger partial charge >= 0.3 is 5.97 Å². The van der Waals surface area contributed by atoms with Gasteiger partial charge in [-0.1, -0.05) is 118 Å². The Hall–Kier alpha value is -4.47. The number of esters is 1. The molecule has 10 nitrogen and oxygen atoms in total. The molecule has 1 aliphatic rings. The number of non-ortho nitro benzene ring substituents is 1. The summed E-state index contributed by atoms with van der Waals surface area (Å²) in [5.74, 6) is -2.02. The van der Waals surface area contributed by atoms with E-state index in [1.807, 2.05) is 37.3 Å². The normalized spacial score (nSPS) is 16.0. The number of amides is 1. The van der Waals surface area contributed by atoms with Crippen molar-refractivity contribution >= 4 is 71.4 Å². The maximum absolute atomic E-state index is 14.8. The number of β-lactam (4-membered cyclic amide) rings is 1. The van der Waals surface area contributed by atoms with Crippen molar-refractivity contribution in [2.24, 2.45) is 5.92 Å². The molecule has 0 bridgehead atoms. The van der Waals surface area contributed by atoms with Crippen LogP contribution in [0.2, 0.25) is 18.1 Å². The van der Waals surface area contributed by atoms with Crippen molar-refractivity contribution in [3.8, 4) is 0 Å². The molecule has 0 saturated carbocycles. The monoisotopic (exact) mass is 828 g/mol. The van der Waals surface area contributed by atoms with Crippen molar-refractivity contribution in [3.05, 3.63) is 152 Å². The number of likely N-dealkylation sites (tertiary alicyclic amines) is 1. The van der Waals surface area contributed by atoms with Crippen LogP contribution in [-0.2, 0) is 25.4 Å².